The minimum absolute atomic E-state index is 0.0836. The van der Waals surface area contributed by atoms with Crippen LogP contribution in [0.3, 0.4) is 0 Å². The number of aliphatic hydroxyl groups excluding tert-OH is 1. The number of fused-ring (bicyclic) bond motifs is 1. The molecule has 15 heavy (non-hydrogen) atoms. The Labute approximate surface area is 88.1 Å². The van der Waals surface area contributed by atoms with E-state index in [9.17, 15) is 5.11 Å². The summed E-state index contributed by atoms with van der Waals surface area (Å²) < 4.78 is 7.45. The topological polar surface area (TPSA) is 60.2 Å². The van der Waals surface area contributed by atoms with Crippen LogP contribution < -0.4 is 0 Å². The summed E-state index contributed by atoms with van der Waals surface area (Å²) in [7, 11) is 0. The third kappa shape index (κ3) is 1.66. The molecular weight excluding hydrogens is 194 g/mol. The zero-order valence-corrected chi connectivity index (χ0v) is 8.59. The maximum absolute atomic E-state index is 9.52. The lowest BCUT2D eigenvalue weighted by atomic mass is 10.1. The fraction of sp³-hybridized carbons (Fsp3) is 0.800. The molecule has 0 spiro atoms. The summed E-state index contributed by atoms with van der Waals surface area (Å²) in [5.41, 5.74) is 0. The van der Waals surface area contributed by atoms with Crippen LogP contribution in [-0.2, 0) is 17.7 Å². The zero-order chi connectivity index (χ0) is 10.3. The molecule has 3 rings (SSSR count). The van der Waals surface area contributed by atoms with Gasteiger partial charge in [-0.3, -0.25) is 0 Å². The minimum Gasteiger partial charge on any atom is -0.393 e. The maximum Gasteiger partial charge on any atom is 0.179 e. The van der Waals surface area contributed by atoms with E-state index in [2.05, 4.69) is 10.1 Å². The first-order valence-electron chi connectivity index (χ1n) is 5.56. The van der Waals surface area contributed by atoms with Crippen molar-refractivity contribution in [1.29, 1.82) is 0 Å². The Bertz CT molecular complexity index is 358. The van der Waals surface area contributed by atoms with E-state index in [0.29, 0.717) is 6.42 Å². The van der Waals surface area contributed by atoms with Crippen molar-refractivity contribution in [2.75, 3.05) is 6.61 Å². The number of hydrogen-bond donors (Lipinski definition) is 1. The molecule has 0 saturated carbocycles. The Balaban J connectivity index is 1.85. The molecule has 0 amide bonds. The van der Waals surface area contributed by atoms with E-state index in [4.69, 9.17) is 4.74 Å². The number of aromatic nitrogens is 3. The monoisotopic (exact) mass is 209 g/mol. The van der Waals surface area contributed by atoms with Crippen molar-refractivity contribution in [3.8, 4) is 0 Å². The van der Waals surface area contributed by atoms with Gasteiger partial charge in [-0.1, -0.05) is 0 Å². The summed E-state index contributed by atoms with van der Waals surface area (Å²) in [5, 5.41) is 14.0. The highest BCUT2D eigenvalue weighted by molar-refractivity contribution is 5.01. The Morgan fingerprint density at radius 3 is 3.13 bits per heavy atom. The van der Waals surface area contributed by atoms with Gasteiger partial charge in [-0.25, -0.2) is 9.67 Å². The zero-order valence-electron chi connectivity index (χ0n) is 8.59. The number of ether oxygens (including phenoxy) is 1. The first-order chi connectivity index (χ1) is 7.33. The SMILES string of the molecule is OC1CCn2nc(C3CCCO3)nc2C1. The van der Waals surface area contributed by atoms with E-state index in [-0.39, 0.29) is 12.2 Å². The van der Waals surface area contributed by atoms with Gasteiger partial charge in [0.15, 0.2) is 5.82 Å². The molecule has 1 N–H and O–H groups in total. The highest BCUT2D eigenvalue weighted by Crippen LogP contribution is 2.27. The van der Waals surface area contributed by atoms with Gasteiger partial charge in [0, 0.05) is 19.6 Å². The third-order valence-corrected chi connectivity index (χ3v) is 3.07. The van der Waals surface area contributed by atoms with E-state index >= 15 is 0 Å². The van der Waals surface area contributed by atoms with Crippen molar-refractivity contribution in [1.82, 2.24) is 14.8 Å². The Kier molecular flexibility index (Phi) is 2.21. The second kappa shape index (κ2) is 3.57. The number of aryl methyl sites for hydroxylation is 1. The van der Waals surface area contributed by atoms with Crippen LogP contribution in [0, 0.1) is 0 Å². The summed E-state index contributed by atoms with van der Waals surface area (Å²) in [4.78, 5) is 4.45. The number of aliphatic hydroxyl groups is 1. The number of rotatable bonds is 1. The van der Waals surface area contributed by atoms with Gasteiger partial charge in [0.25, 0.3) is 0 Å². The Morgan fingerprint density at radius 2 is 2.33 bits per heavy atom. The van der Waals surface area contributed by atoms with Crippen LogP contribution in [0.1, 0.15) is 37.0 Å². The molecule has 5 nitrogen and oxygen atoms in total. The molecule has 82 valence electrons. The van der Waals surface area contributed by atoms with Gasteiger partial charge in [-0.05, 0) is 19.3 Å². The van der Waals surface area contributed by atoms with Crippen molar-refractivity contribution < 1.29 is 9.84 Å². The summed E-state index contributed by atoms with van der Waals surface area (Å²) in [6, 6.07) is 0. The molecule has 1 aromatic rings. The molecule has 0 aliphatic carbocycles. The second-order valence-electron chi connectivity index (χ2n) is 4.26. The first kappa shape index (κ1) is 9.30. The third-order valence-electron chi connectivity index (χ3n) is 3.07. The van der Waals surface area contributed by atoms with Crippen LogP contribution in [0.15, 0.2) is 0 Å². The average Bonchev–Trinajstić information content (AvgIpc) is 2.84. The van der Waals surface area contributed by atoms with Crippen molar-refractivity contribution in [3.05, 3.63) is 11.6 Å². The van der Waals surface area contributed by atoms with Gasteiger partial charge in [0.2, 0.25) is 0 Å². The highest BCUT2D eigenvalue weighted by Gasteiger charge is 2.26. The van der Waals surface area contributed by atoms with Crippen LogP contribution in [0.5, 0.6) is 0 Å². The fourth-order valence-electron chi connectivity index (χ4n) is 2.23. The lowest BCUT2D eigenvalue weighted by Crippen LogP contribution is -2.23. The fourth-order valence-corrected chi connectivity index (χ4v) is 2.23. The van der Waals surface area contributed by atoms with Gasteiger partial charge in [0.1, 0.15) is 11.9 Å². The second-order valence-corrected chi connectivity index (χ2v) is 4.26. The predicted molar refractivity (Wildman–Crippen MR) is 52.3 cm³/mol. The normalized spacial score (nSPS) is 30.5. The van der Waals surface area contributed by atoms with Crippen molar-refractivity contribution in [2.24, 2.45) is 0 Å². The van der Waals surface area contributed by atoms with Crippen molar-refractivity contribution in [2.45, 2.75) is 44.4 Å². The Morgan fingerprint density at radius 1 is 1.40 bits per heavy atom. The largest absolute Gasteiger partial charge is 0.393 e. The first-order valence-corrected chi connectivity index (χ1v) is 5.56. The van der Waals surface area contributed by atoms with Gasteiger partial charge in [-0.15, -0.1) is 0 Å². The lowest BCUT2D eigenvalue weighted by Gasteiger charge is -2.16. The quantitative estimate of drug-likeness (QED) is 0.729. The molecule has 2 aliphatic heterocycles. The van der Waals surface area contributed by atoms with Crippen LogP contribution in [-0.4, -0.2) is 32.6 Å². The number of hydrogen-bond acceptors (Lipinski definition) is 4. The average molecular weight is 209 g/mol. The summed E-state index contributed by atoms with van der Waals surface area (Å²) in [6.07, 6.45) is 3.35. The number of nitrogens with zero attached hydrogens (tertiary/aromatic N) is 3. The standard InChI is InChI=1S/C10H15N3O2/c14-7-3-4-13-9(6-7)11-10(12-13)8-2-1-5-15-8/h7-8,14H,1-6H2. The molecule has 0 radical (unpaired) electrons. The van der Waals surface area contributed by atoms with Crippen LogP contribution >= 0.6 is 0 Å². The summed E-state index contributed by atoms with van der Waals surface area (Å²) in [6.45, 7) is 1.59. The molecule has 2 aliphatic rings. The molecule has 2 atom stereocenters. The summed E-state index contributed by atoms with van der Waals surface area (Å²) >= 11 is 0. The molecule has 3 heterocycles. The molecule has 5 heteroatoms. The van der Waals surface area contributed by atoms with Crippen molar-refractivity contribution >= 4 is 0 Å². The van der Waals surface area contributed by atoms with Gasteiger partial charge in [0.05, 0.1) is 6.10 Å². The van der Waals surface area contributed by atoms with E-state index in [1.54, 1.807) is 0 Å². The van der Waals surface area contributed by atoms with Crippen molar-refractivity contribution in [3.63, 3.8) is 0 Å². The van der Waals surface area contributed by atoms with Crippen LogP contribution in [0.25, 0.3) is 0 Å². The van der Waals surface area contributed by atoms with E-state index in [1.165, 1.54) is 0 Å². The van der Waals surface area contributed by atoms with Crippen LogP contribution in [0.4, 0.5) is 0 Å². The molecular formula is C10H15N3O2. The van der Waals surface area contributed by atoms with E-state index in [0.717, 1.165) is 44.1 Å². The van der Waals surface area contributed by atoms with Gasteiger partial charge >= 0.3 is 0 Å². The summed E-state index contributed by atoms with van der Waals surface area (Å²) in [5.74, 6) is 1.70. The highest BCUT2D eigenvalue weighted by atomic mass is 16.5. The smallest absolute Gasteiger partial charge is 0.179 e. The van der Waals surface area contributed by atoms with Gasteiger partial charge < -0.3 is 9.84 Å². The molecule has 0 bridgehead atoms. The molecule has 0 aromatic carbocycles. The maximum atomic E-state index is 9.52. The predicted octanol–water partition coefficient (Wildman–Crippen LogP) is 0.437. The molecule has 1 aromatic heterocycles. The minimum atomic E-state index is -0.251. The molecule has 2 unspecified atom stereocenters. The van der Waals surface area contributed by atoms with Crippen LogP contribution in [0.2, 0.25) is 0 Å². The molecule has 1 saturated heterocycles. The van der Waals surface area contributed by atoms with E-state index < -0.39 is 0 Å². The molecule has 1 fully saturated rings. The lowest BCUT2D eigenvalue weighted by molar-refractivity contribution is 0.105. The van der Waals surface area contributed by atoms with Gasteiger partial charge in [-0.2, -0.15) is 5.10 Å². The Hall–Kier alpha value is -0.940. The van der Waals surface area contributed by atoms with E-state index in [1.807, 2.05) is 4.68 Å².